The minimum absolute atomic E-state index is 0.0447. The number of amides is 2. The average molecular weight is 510 g/mol. The van der Waals surface area contributed by atoms with E-state index in [0.717, 1.165) is 18.4 Å². The van der Waals surface area contributed by atoms with Crippen LogP contribution in [0.1, 0.15) is 69.7 Å². The van der Waals surface area contributed by atoms with Crippen molar-refractivity contribution in [3.8, 4) is 0 Å². The summed E-state index contributed by atoms with van der Waals surface area (Å²) in [7, 11) is 0. The van der Waals surface area contributed by atoms with Crippen LogP contribution in [0.5, 0.6) is 0 Å². The smallest absolute Gasteiger partial charge is 0.410 e. The summed E-state index contributed by atoms with van der Waals surface area (Å²) >= 11 is 6.51. The van der Waals surface area contributed by atoms with Gasteiger partial charge in [-0.1, -0.05) is 17.7 Å². The van der Waals surface area contributed by atoms with E-state index in [0.29, 0.717) is 48.4 Å². The van der Waals surface area contributed by atoms with E-state index >= 15 is 0 Å². The van der Waals surface area contributed by atoms with E-state index in [4.69, 9.17) is 16.3 Å². The Labute approximate surface area is 209 Å². The quantitative estimate of drug-likeness (QED) is 0.518. The topological polar surface area (TPSA) is 63.6 Å². The molecule has 0 bridgehead atoms. The number of rotatable bonds is 5. The Kier molecular flexibility index (Phi) is 7.32. The second-order valence-corrected chi connectivity index (χ2v) is 11.2. The maximum atomic E-state index is 13.5. The number of aromatic nitrogens is 1. The van der Waals surface area contributed by atoms with Crippen molar-refractivity contribution in [3.63, 3.8) is 0 Å². The first-order valence-corrected chi connectivity index (χ1v) is 12.7. The molecule has 4 rings (SSSR count). The van der Waals surface area contributed by atoms with E-state index in [1.807, 2.05) is 37.5 Å². The molecule has 0 unspecified atom stereocenters. The van der Waals surface area contributed by atoms with E-state index in [1.165, 1.54) is 0 Å². The van der Waals surface area contributed by atoms with Crippen LogP contribution in [0.2, 0.25) is 5.02 Å². The Bertz CT molecular complexity index is 1090. The number of hydrogen-bond acceptors (Lipinski definition) is 3. The summed E-state index contributed by atoms with van der Waals surface area (Å²) in [6.07, 6.45) is 3.72. The Morgan fingerprint density at radius 3 is 2.60 bits per heavy atom. The number of ether oxygens (including phenoxy) is 1. The fourth-order valence-electron chi connectivity index (χ4n) is 5.08. The van der Waals surface area contributed by atoms with E-state index < -0.39 is 11.5 Å². The molecule has 1 atom stereocenters. The van der Waals surface area contributed by atoms with Crippen LogP contribution >= 0.6 is 11.6 Å². The predicted octanol–water partition coefficient (Wildman–Crippen LogP) is 6.25. The van der Waals surface area contributed by atoms with Crippen LogP contribution in [0.25, 0.3) is 10.9 Å². The summed E-state index contributed by atoms with van der Waals surface area (Å²) in [5.74, 6) is -2.81. The number of nitrogens with one attached hydrogen (secondary N) is 1. The molecular formula is C26H34ClF2N3O3. The molecule has 35 heavy (non-hydrogen) atoms. The van der Waals surface area contributed by atoms with Crippen molar-refractivity contribution in [2.24, 2.45) is 5.92 Å². The third-order valence-corrected chi connectivity index (χ3v) is 7.22. The van der Waals surface area contributed by atoms with Gasteiger partial charge >= 0.3 is 6.09 Å². The number of hydrogen-bond donors (Lipinski definition) is 1. The molecule has 1 saturated carbocycles. The molecule has 2 amide bonds. The summed E-state index contributed by atoms with van der Waals surface area (Å²) in [5.41, 5.74) is 0.696. The highest BCUT2D eigenvalue weighted by molar-refractivity contribution is 6.36. The Balaban J connectivity index is 1.51. The van der Waals surface area contributed by atoms with Gasteiger partial charge < -0.3 is 19.5 Å². The highest BCUT2D eigenvalue weighted by Gasteiger charge is 2.35. The normalized spacial score (nSPS) is 20.9. The minimum Gasteiger partial charge on any atom is -0.444 e. The molecule has 192 valence electrons. The van der Waals surface area contributed by atoms with Crippen molar-refractivity contribution in [1.29, 1.82) is 0 Å². The zero-order valence-electron chi connectivity index (χ0n) is 20.6. The number of benzene rings is 1. The van der Waals surface area contributed by atoms with Crippen molar-refractivity contribution < 1.29 is 23.1 Å². The Morgan fingerprint density at radius 2 is 1.91 bits per heavy atom. The summed E-state index contributed by atoms with van der Waals surface area (Å²) < 4.78 is 34.5. The van der Waals surface area contributed by atoms with Crippen LogP contribution in [-0.4, -0.2) is 52.1 Å². The van der Waals surface area contributed by atoms with Gasteiger partial charge in [0.05, 0.1) is 22.1 Å². The zero-order chi connectivity index (χ0) is 25.4. The van der Waals surface area contributed by atoms with Gasteiger partial charge in [0.25, 0.3) is 5.91 Å². The highest BCUT2D eigenvalue weighted by Crippen LogP contribution is 2.36. The van der Waals surface area contributed by atoms with Crippen molar-refractivity contribution in [1.82, 2.24) is 14.8 Å². The van der Waals surface area contributed by atoms with E-state index in [2.05, 4.69) is 5.32 Å². The van der Waals surface area contributed by atoms with Crippen molar-refractivity contribution in [2.45, 2.75) is 83.4 Å². The van der Waals surface area contributed by atoms with Crippen molar-refractivity contribution in [3.05, 3.63) is 35.0 Å². The number of fused-ring (bicyclic) bond motifs is 1. The van der Waals surface area contributed by atoms with Gasteiger partial charge in [0.15, 0.2) is 0 Å². The second-order valence-electron chi connectivity index (χ2n) is 10.8. The number of carbonyl (C=O) groups is 2. The summed E-state index contributed by atoms with van der Waals surface area (Å²) in [4.78, 5) is 27.6. The maximum absolute atomic E-state index is 13.5. The Hall–Kier alpha value is -2.35. The predicted molar refractivity (Wildman–Crippen MR) is 132 cm³/mol. The SMILES string of the molecule is CC(C)(C)OC(=O)N1CCC[C@H]1Cn1cc(C(=O)NCC2CCC(F)(F)CC2)c2c(Cl)cccc21. The van der Waals surface area contributed by atoms with Gasteiger partial charge in [-0.3, -0.25) is 4.79 Å². The maximum Gasteiger partial charge on any atom is 0.410 e. The molecule has 2 heterocycles. The van der Waals surface area contributed by atoms with E-state index in [9.17, 15) is 18.4 Å². The van der Waals surface area contributed by atoms with Crippen LogP contribution in [0.15, 0.2) is 24.4 Å². The number of likely N-dealkylation sites (tertiary alicyclic amines) is 1. The molecule has 1 saturated heterocycles. The average Bonchev–Trinajstić information content (AvgIpc) is 3.38. The van der Waals surface area contributed by atoms with Crippen LogP contribution in [0, 0.1) is 5.92 Å². The molecule has 2 fully saturated rings. The summed E-state index contributed by atoms with van der Waals surface area (Å²) in [5, 5.41) is 4.06. The lowest BCUT2D eigenvalue weighted by Crippen LogP contribution is -2.41. The van der Waals surface area contributed by atoms with E-state index in [1.54, 1.807) is 17.2 Å². The molecule has 9 heteroatoms. The fourth-order valence-corrected chi connectivity index (χ4v) is 5.35. The van der Waals surface area contributed by atoms with E-state index in [-0.39, 0.29) is 36.8 Å². The fraction of sp³-hybridized carbons (Fsp3) is 0.615. The summed E-state index contributed by atoms with van der Waals surface area (Å²) in [6.45, 7) is 7.05. The van der Waals surface area contributed by atoms with Gasteiger partial charge in [-0.2, -0.15) is 0 Å². The standard InChI is InChI=1S/C26H34ClF2N3O3/c1-25(2,3)35-24(34)32-13-5-6-18(32)15-31-16-19(22-20(27)7-4-8-21(22)31)23(33)30-14-17-9-11-26(28,29)12-10-17/h4,7-8,16-18H,5-6,9-15H2,1-3H3,(H,30,33)/t18-/m0/s1. The lowest BCUT2D eigenvalue weighted by atomic mass is 9.87. The number of carbonyl (C=O) groups excluding carboxylic acids is 2. The first-order chi connectivity index (χ1) is 16.4. The largest absolute Gasteiger partial charge is 0.444 e. The van der Waals surface area contributed by atoms with Crippen LogP contribution in [0.3, 0.4) is 0 Å². The third kappa shape index (κ3) is 6.08. The number of nitrogens with zero attached hydrogens (tertiary/aromatic N) is 2. The molecule has 2 aromatic rings. The molecule has 0 spiro atoms. The van der Waals surface area contributed by atoms with Crippen LogP contribution in [0.4, 0.5) is 13.6 Å². The first-order valence-electron chi connectivity index (χ1n) is 12.4. The molecule has 1 aliphatic heterocycles. The molecule has 0 radical (unpaired) electrons. The Morgan fingerprint density at radius 1 is 1.20 bits per heavy atom. The monoisotopic (exact) mass is 509 g/mol. The highest BCUT2D eigenvalue weighted by atomic mass is 35.5. The number of halogens is 3. The lowest BCUT2D eigenvalue weighted by molar-refractivity contribution is -0.0452. The van der Waals surface area contributed by atoms with Gasteiger partial charge in [0, 0.05) is 44.1 Å². The molecule has 1 aromatic carbocycles. The second kappa shape index (κ2) is 9.96. The molecule has 6 nitrogen and oxygen atoms in total. The molecule has 2 aliphatic rings. The van der Waals surface area contributed by atoms with Crippen molar-refractivity contribution in [2.75, 3.05) is 13.1 Å². The van der Waals surface area contributed by atoms with Crippen molar-refractivity contribution >= 4 is 34.5 Å². The molecule has 1 aromatic heterocycles. The third-order valence-electron chi connectivity index (χ3n) is 6.90. The zero-order valence-corrected chi connectivity index (χ0v) is 21.3. The lowest BCUT2D eigenvalue weighted by Gasteiger charge is -2.29. The van der Waals surface area contributed by atoms with Gasteiger partial charge in [-0.15, -0.1) is 0 Å². The summed E-state index contributed by atoms with van der Waals surface area (Å²) in [6, 6.07) is 5.44. The van der Waals surface area contributed by atoms with Gasteiger partial charge in [-0.05, 0) is 64.5 Å². The van der Waals surface area contributed by atoms with Gasteiger partial charge in [0.2, 0.25) is 5.92 Å². The first kappa shape index (κ1) is 25.7. The van der Waals surface area contributed by atoms with Crippen LogP contribution in [-0.2, 0) is 11.3 Å². The van der Waals surface area contributed by atoms with Gasteiger partial charge in [0.1, 0.15) is 5.60 Å². The molecular weight excluding hydrogens is 476 g/mol. The molecule has 1 aliphatic carbocycles. The number of alkyl halides is 2. The van der Waals surface area contributed by atoms with Gasteiger partial charge in [-0.25, -0.2) is 13.6 Å². The minimum atomic E-state index is -2.59. The molecule has 1 N–H and O–H groups in total. The van der Waals surface area contributed by atoms with Crippen LogP contribution < -0.4 is 5.32 Å².